The number of aromatic nitrogens is 1. The fraction of sp³-hybridized carbons (Fsp3) is 0.812. The van der Waals surface area contributed by atoms with Gasteiger partial charge < -0.3 is 5.32 Å². The van der Waals surface area contributed by atoms with E-state index in [0.717, 1.165) is 19.0 Å². The molecule has 2 heterocycles. The van der Waals surface area contributed by atoms with Crippen LogP contribution in [0.3, 0.4) is 0 Å². The largest absolute Gasteiger partial charge is 0.309 e. The average Bonchev–Trinajstić information content (AvgIpc) is 3.02. The predicted molar refractivity (Wildman–Crippen MR) is 85.2 cm³/mol. The highest BCUT2D eigenvalue weighted by Gasteiger charge is 2.30. The lowest BCUT2D eigenvalue weighted by molar-refractivity contribution is 0.330. The van der Waals surface area contributed by atoms with E-state index in [2.05, 4.69) is 24.1 Å². The molecule has 3 rings (SSSR count). The Labute approximate surface area is 126 Å². The van der Waals surface area contributed by atoms with E-state index in [1.807, 2.05) is 11.3 Å². The van der Waals surface area contributed by atoms with Crippen molar-refractivity contribution in [3.05, 3.63) is 15.6 Å². The lowest BCUT2D eigenvalue weighted by atomic mass is 10.2. The van der Waals surface area contributed by atoms with Crippen LogP contribution in [0.15, 0.2) is 0 Å². The summed E-state index contributed by atoms with van der Waals surface area (Å²) in [5.41, 5.74) is 1.42. The minimum atomic E-state index is 0.603. The minimum Gasteiger partial charge on any atom is -0.309 e. The number of hydrogen-bond acceptors (Lipinski definition) is 4. The highest BCUT2D eigenvalue weighted by atomic mass is 32.1. The molecule has 20 heavy (non-hydrogen) atoms. The summed E-state index contributed by atoms with van der Waals surface area (Å²) in [5.74, 6) is 0.771. The van der Waals surface area contributed by atoms with Crippen LogP contribution in [0.5, 0.6) is 0 Å². The zero-order chi connectivity index (χ0) is 13.9. The first-order valence-corrected chi connectivity index (χ1v) is 9.02. The molecule has 1 saturated heterocycles. The van der Waals surface area contributed by atoms with Gasteiger partial charge in [-0.2, -0.15) is 0 Å². The van der Waals surface area contributed by atoms with Crippen LogP contribution in [-0.2, 0) is 13.1 Å². The van der Waals surface area contributed by atoms with Gasteiger partial charge in [-0.1, -0.05) is 6.92 Å². The van der Waals surface area contributed by atoms with Crippen LogP contribution < -0.4 is 5.32 Å². The topological polar surface area (TPSA) is 28.2 Å². The van der Waals surface area contributed by atoms with E-state index < -0.39 is 0 Å². The van der Waals surface area contributed by atoms with Crippen molar-refractivity contribution < 1.29 is 0 Å². The molecular weight excluding hydrogens is 266 g/mol. The van der Waals surface area contributed by atoms with Crippen molar-refractivity contribution in [2.45, 2.75) is 71.0 Å². The number of thiazole rings is 1. The fourth-order valence-electron chi connectivity index (χ4n) is 2.83. The molecule has 1 aromatic heterocycles. The molecule has 112 valence electrons. The molecule has 0 amide bonds. The molecule has 3 nitrogen and oxygen atoms in total. The SMILES string of the molecule is CCC(C)NCc1sc(CN2CCCC2)nc1C1CC1. The third kappa shape index (κ3) is 3.60. The second-order valence-electron chi connectivity index (χ2n) is 6.36. The van der Waals surface area contributed by atoms with Gasteiger partial charge in [0.2, 0.25) is 0 Å². The maximum Gasteiger partial charge on any atom is 0.107 e. The molecule has 1 atom stereocenters. The van der Waals surface area contributed by atoms with Gasteiger partial charge in [-0.15, -0.1) is 11.3 Å². The van der Waals surface area contributed by atoms with Crippen LogP contribution >= 0.6 is 11.3 Å². The first-order chi connectivity index (χ1) is 9.76. The maximum atomic E-state index is 4.98. The molecule has 4 heteroatoms. The van der Waals surface area contributed by atoms with Crippen molar-refractivity contribution in [1.29, 1.82) is 0 Å². The van der Waals surface area contributed by atoms with Crippen molar-refractivity contribution in [3.8, 4) is 0 Å². The van der Waals surface area contributed by atoms with Crippen LogP contribution in [0.2, 0.25) is 0 Å². The first kappa shape index (κ1) is 14.5. The van der Waals surface area contributed by atoms with Gasteiger partial charge in [-0.05, 0) is 52.1 Å². The number of likely N-dealkylation sites (tertiary alicyclic amines) is 1. The fourth-order valence-corrected chi connectivity index (χ4v) is 3.98. The molecule has 0 radical (unpaired) electrons. The molecule has 1 aromatic rings. The standard InChI is InChI=1S/C16H27N3S/c1-3-12(2)17-10-14-16(13-6-7-13)18-15(20-14)11-19-8-4-5-9-19/h12-13,17H,3-11H2,1-2H3. The molecule has 1 aliphatic carbocycles. The Hall–Kier alpha value is -0.450. The summed E-state index contributed by atoms with van der Waals surface area (Å²) < 4.78 is 0. The molecule has 0 aromatic carbocycles. The predicted octanol–water partition coefficient (Wildman–Crippen LogP) is 3.50. The van der Waals surface area contributed by atoms with E-state index in [9.17, 15) is 0 Å². The van der Waals surface area contributed by atoms with Gasteiger partial charge in [0, 0.05) is 23.4 Å². The Bertz CT molecular complexity index is 433. The Morgan fingerprint density at radius 1 is 1.35 bits per heavy atom. The highest BCUT2D eigenvalue weighted by Crippen LogP contribution is 2.42. The van der Waals surface area contributed by atoms with Crippen LogP contribution in [0.25, 0.3) is 0 Å². The molecule has 1 aliphatic heterocycles. The number of nitrogens with one attached hydrogen (secondary N) is 1. The molecule has 2 fully saturated rings. The van der Waals surface area contributed by atoms with Gasteiger partial charge in [0.1, 0.15) is 5.01 Å². The van der Waals surface area contributed by atoms with Gasteiger partial charge in [-0.3, -0.25) is 4.90 Å². The maximum absolute atomic E-state index is 4.98. The number of nitrogens with zero attached hydrogens (tertiary/aromatic N) is 2. The van der Waals surface area contributed by atoms with Crippen molar-refractivity contribution in [2.24, 2.45) is 0 Å². The van der Waals surface area contributed by atoms with Gasteiger partial charge in [0.15, 0.2) is 0 Å². The molecule has 1 N–H and O–H groups in total. The Morgan fingerprint density at radius 3 is 2.75 bits per heavy atom. The quantitative estimate of drug-likeness (QED) is 0.834. The second-order valence-corrected chi connectivity index (χ2v) is 7.53. The molecule has 2 aliphatic rings. The summed E-state index contributed by atoms with van der Waals surface area (Å²) in [4.78, 5) is 9.04. The van der Waals surface area contributed by atoms with E-state index in [4.69, 9.17) is 4.98 Å². The van der Waals surface area contributed by atoms with Gasteiger partial charge >= 0.3 is 0 Å². The Morgan fingerprint density at radius 2 is 2.10 bits per heavy atom. The summed E-state index contributed by atoms with van der Waals surface area (Å²) in [6.07, 6.45) is 6.62. The van der Waals surface area contributed by atoms with E-state index in [0.29, 0.717) is 6.04 Å². The normalized spacial score (nSPS) is 21.5. The smallest absolute Gasteiger partial charge is 0.107 e. The van der Waals surface area contributed by atoms with Gasteiger partial charge in [-0.25, -0.2) is 4.98 Å². The Balaban J connectivity index is 1.65. The van der Waals surface area contributed by atoms with E-state index >= 15 is 0 Å². The molecular formula is C16H27N3S. The zero-order valence-electron chi connectivity index (χ0n) is 12.8. The monoisotopic (exact) mass is 293 g/mol. The summed E-state index contributed by atoms with van der Waals surface area (Å²) in [7, 11) is 0. The highest BCUT2D eigenvalue weighted by molar-refractivity contribution is 7.11. The summed E-state index contributed by atoms with van der Waals surface area (Å²) in [6, 6.07) is 0.603. The van der Waals surface area contributed by atoms with Crippen LogP contribution in [0.4, 0.5) is 0 Å². The van der Waals surface area contributed by atoms with Gasteiger partial charge in [0.05, 0.1) is 12.2 Å². The van der Waals surface area contributed by atoms with Crippen molar-refractivity contribution >= 4 is 11.3 Å². The van der Waals surface area contributed by atoms with E-state index in [1.54, 1.807) is 0 Å². The summed E-state index contributed by atoms with van der Waals surface area (Å²) >= 11 is 1.95. The van der Waals surface area contributed by atoms with E-state index in [-0.39, 0.29) is 0 Å². The van der Waals surface area contributed by atoms with Crippen LogP contribution in [-0.4, -0.2) is 29.0 Å². The lowest BCUT2D eigenvalue weighted by Crippen LogP contribution is -2.24. The average molecular weight is 293 g/mol. The van der Waals surface area contributed by atoms with Gasteiger partial charge in [0.25, 0.3) is 0 Å². The van der Waals surface area contributed by atoms with Crippen molar-refractivity contribution in [1.82, 2.24) is 15.2 Å². The zero-order valence-corrected chi connectivity index (χ0v) is 13.6. The third-order valence-corrected chi connectivity index (χ3v) is 5.57. The van der Waals surface area contributed by atoms with Crippen LogP contribution in [0, 0.1) is 0 Å². The molecule has 1 saturated carbocycles. The Kier molecular flexibility index (Phi) is 4.74. The van der Waals surface area contributed by atoms with E-state index in [1.165, 1.54) is 60.8 Å². The minimum absolute atomic E-state index is 0.603. The summed E-state index contributed by atoms with van der Waals surface area (Å²) in [6.45, 7) is 9.12. The summed E-state index contributed by atoms with van der Waals surface area (Å²) in [5, 5.41) is 4.98. The lowest BCUT2D eigenvalue weighted by Gasteiger charge is -2.11. The van der Waals surface area contributed by atoms with Crippen molar-refractivity contribution in [2.75, 3.05) is 13.1 Å². The second kappa shape index (κ2) is 6.54. The van der Waals surface area contributed by atoms with Crippen LogP contribution in [0.1, 0.15) is 67.4 Å². The third-order valence-electron chi connectivity index (χ3n) is 4.52. The first-order valence-electron chi connectivity index (χ1n) is 8.20. The molecule has 1 unspecified atom stereocenters. The molecule has 0 spiro atoms. The molecule has 0 bridgehead atoms. The number of hydrogen-bond donors (Lipinski definition) is 1. The van der Waals surface area contributed by atoms with Crippen molar-refractivity contribution in [3.63, 3.8) is 0 Å². The number of rotatable bonds is 7.